The summed E-state index contributed by atoms with van der Waals surface area (Å²) in [6.45, 7) is 1.88. The summed E-state index contributed by atoms with van der Waals surface area (Å²) in [6, 6.07) is 11.1. The van der Waals surface area contributed by atoms with Gasteiger partial charge in [-0.25, -0.2) is 4.79 Å². The first-order chi connectivity index (χ1) is 12.9. The van der Waals surface area contributed by atoms with E-state index < -0.39 is 17.8 Å². The molecule has 2 aromatic carbocycles. The average molecular weight is 435 g/mol. The molecule has 3 N–H and O–H groups in total. The Bertz CT molecular complexity index is 854. The van der Waals surface area contributed by atoms with Crippen molar-refractivity contribution in [2.45, 2.75) is 13.3 Å². The zero-order valence-corrected chi connectivity index (χ0v) is 16.2. The summed E-state index contributed by atoms with van der Waals surface area (Å²) in [5.41, 5.74) is 6.05. The fourth-order valence-electron chi connectivity index (χ4n) is 2.14. The van der Waals surface area contributed by atoms with Gasteiger partial charge in [0.15, 0.2) is 6.61 Å². The number of primary amides is 1. The number of carbonyl (C=O) groups excluding carboxylic acids is 3. The third kappa shape index (κ3) is 6.10. The predicted molar refractivity (Wildman–Crippen MR) is 104 cm³/mol. The van der Waals surface area contributed by atoms with Gasteiger partial charge in [0.2, 0.25) is 5.91 Å². The lowest BCUT2D eigenvalue weighted by Gasteiger charge is -2.12. The number of benzene rings is 2. The van der Waals surface area contributed by atoms with E-state index in [0.717, 1.165) is 0 Å². The van der Waals surface area contributed by atoms with Crippen molar-refractivity contribution in [3.05, 3.63) is 58.1 Å². The Morgan fingerprint density at radius 3 is 2.63 bits per heavy atom. The maximum atomic E-state index is 12.2. The maximum Gasteiger partial charge on any atom is 0.340 e. The van der Waals surface area contributed by atoms with Crippen molar-refractivity contribution in [1.82, 2.24) is 0 Å². The van der Waals surface area contributed by atoms with E-state index in [4.69, 9.17) is 15.2 Å². The number of ether oxygens (including phenoxy) is 2. The van der Waals surface area contributed by atoms with Crippen LogP contribution in [0.25, 0.3) is 0 Å². The Morgan fingerprint density at radius 2 is 1.93 bits per heavy atom. The summed E-state index contributed by atoms with van der Waals surface area (Å²) in [7, 11) is 0. The van der Waals surface area contributed by atoms with Gasteiger partial charge < -0.3 is 20.5 Å². The molecule has 0 spiro atoms. The topological polar surface area (TPSA) is 108 Å². The summed E-state index contributed by atoms with van der Waals surface area (Å²) in [5, 5.41) is 2.63. The van der Waals surface area contributed by atoms with Crippen molar-refractivity contribution in [3.63, 3.8) is 0 Å². The van der Waals surface area contributed by atoms with E-state index in [9.17, 15) is 14.4 Å². The van der Waals surface area contributed by atoms with Gasteiger partial charge in [-0.05, 0) is 42.8 Å². The number of amides is 2. The van der Waals surface area contributed by atoms with Gasteiger partial charge in [0.05, 0.1) is 17.9 Å². The number of rotatable bonds is 8. The Hall–Kier alpha value is -2.87. The molecule has 2 rings (SSSR count). The van der Waals surface area contributed by atoms with E-state index in [1.807, 2.05) is 6.92 Å². The fourth-order valence-corrected chi connectivity index (χ4v) is 2.50. The molecular weight excluding hydrogens is 416 g/mol. The third-order valence-electron chi connectivity index (χ3n) is 3.40. The number of hydrogen-bond donors (Lipinski definition) is 2. The molecule has 0 unspecified atom stereocenters. The molecule has 8 heteroatoms. The van der Waals surface area contributed by atoms with E-state index in [2.05, 4.69) is 21.2 Å². The van der Waals surface area contributed by atoms with Gasteiger partial charge in [-0.15, -0.1) is 0 Å². The highest BCUT2D eigenvalue weighted by atomic mass is 79.9. The highest BCUT2D eigenvalue weighted by Gasteiger charge is 2.16. The first-order valence-corrected chi connectivity index (χ1v) is 8.99. The van der Waals surface area contributed by atoms with Crippen LogP contribution in [0.5, 0.6) is 5.75 Å². The normalized spacial score (nSPS) is 10.1. The minimum absolute atomic E-state index is 0.238. The number of nitrogens with one attached hydrogen (secondary N) is 1. The Kier molecular flexibility index (Phi) is 7.36. The molecule has 0 aromatic heterocycles. The molecule has 0 aliphatic carbocycles. The Balaban J connectivity index is 2.04. The van der Waals surface area contributed by atoms with E-state index in [0.29, 0.717) is 22.3 Å². The van der Waals surface area contributed by atoms with Crippen LogP contribution in [0, 0.1) is 0 Å². The van der Waals surface area contributed by atoms with Crippen LogP contribution in [0.15, 0.2) is 46.9 Å². The minimum atomic E-state index is -0.588. The monoisotopic (exact) mass is 434 g/mol. The molecule has 0 radical (unpaired) electrons. The largest absolute Gasteiger partial charge is 0.484 e. The number of halogens is 1. The molecule has 0 saturated carbocycles. The molecule has 2 amide bonds. The zero-order chi connectivity index (χ0) is 19.8. The van der Waals surface area contributed by atoms with Crippen molar-refractivity contribution in [3.8, 4) is 5.75 Å². The Labute approximate surface area is 165 Å². The number of hydrogen-bond acceptors (Lipinski definition) is 5. The van der Waals surface area contributed by atoms with Crippen LogP contribution in [0.1, 0.15) is 34.1 Å². The second-order valence-electron chi connectivity index (χ2n) is 5.55. The van der Waals surface area contributed by atoms with Crippen LogP contribution in [0.4, 0.5) is 5.69 Å². The fraction of sp³-hybridized carbons (Fsp3) is 0.211. The molecule has 142 valence electrons. The first kappa shape index (κ1) is 20.4. The van der Waals surface area contributed by atoms with Crippen molar-refractivity contribution in [1.29, 1.82) is 0 Å². The van der Waals surface area contributed by atoms with Gasteiger partial charge in [-0.1, -0.05) is 28.9 Å². The second-order valence-corrected chi connectivity index (χ2v) is 6.47. The van der Waals surface area contributed by atoms with Crippen LogP contribution in [0.2, 0.25) is 0 Å². The van der Waals surface area contributed by atoms with Gasteiger partial charge in [0, 0.05) is 10.0 Å². The zero-order valence-electron chi connectivity index (χ0n) is 14.7. The van der Waals surface area contributed by atoms with Crippen molar-refractivity contribution in [2.75, 3.05) is 18.5 Å². The van der Waals surface area contributed by atoms with Gasteiger partial charge in [0.25, 0.3) is 5.91 Å². The molecule has 0 aliphatic rings. The highest BCUT2D eigenvalue weighted by molar-refractivity contribution is 9.10. The van der Waals surface area contributed by atoms with Crippen molar-refractivity contribution >= 4 is 39.4 Å². The lowest BCUT2D eigenvalue weighted by molar-refractivity contribution is -0.118. The highest BCUT2D eigenvalue weighted by Crippen LogP contribution is 2.22. The van der Waals surface area contributed by atoms with Crippen LogP contribution in [-0.4, -0.2) is 31.0 Å². The van der Waals surface area contributed by atoms with E-state index in [1.54, 1.807) is 36.4 Å². The van der Waals surface area contributed by atoms with Gasteiger partial charge in [-0.3, -0.25) is 9.59 Å². The number of esters is 1. The van der Waals surface area contributed by atoms with E-state index >= 15 is 0 Å². The predicted octanol–water partition coefficient (Wildman–Crippen LogP) is 3.13. The number of nitrogens with two attached hydrogens (primary N) is 1. The standard InChI is InChI=1S/C19H19BrN2O5/c1-2-8-26-19(25)15-10-13(20)6-7-16(15)22-17(23)11-27-14-5-3-4-12(9-14)18(21)24/h3-7,9-10H,2,8,11H2,1H3,(H2,21,24)(H,22,23). The lowest BCUT2D eigenvalue weighted by Crippen LogP contribution is -2.22. The van der Waals surface area contributed by atoms with Crippen LogP contribution in [0.3, 0.4) is 0 Å². The van der Waals surface area contributed by atoms with E-state index in [-0.39, 0.29) is 24.3 Å². The molecule has 7 nitrogen and oxygen atoms in total. The van der Waals surface area contributed by atoms with Gasteiger partial charge in [-0.2, -0.15) is 0 Å². The molecule has 0 saturated heterocycles. The van der Waals surface area contributed by atoms with E-state index in [1.165, 1.54) is 6.07 Å². The summed E-state index contributed by atoms with van der Waals surface area (Å²) in [6.07, 6.45) is 0.694. The SMILES string of the molecule is CCCOC(=O)c1cc(Br)ccc1NC(=O)COc1cccc(C(N)=O)c1. The molecule has 0 aliphatic heterocycles. The summed E-state index contributed by atoms with van der Waals surface area (Å²) < 4.78 is 11.2. The number of carbonyl (C=O) groups is 3. The van der Waals surface area contributed by atoms with Crippen LogP contribution < -0.4 is 15.8 Å². The molecule has 0 bridgehead atoms. The van der Waals surface area contributed by atoms with Crippen LogP contribution >= 0.6 is 15.9 Å². The lowest BCUT2D eigenvalue weighted by atomic mass is 10.2. The summed E-state index contributed by atoms with van der Waals surface area (Å²) in [4.78, 5) is 35.5. The molecule has 0 heterocycles. The molecule has 27 heavy (non-hydrogen) atoms. The van der Waals surface area contributed by atoms with Crippen molar-refractivity contribution < 1.29 is 23.9 Å². The molecule has 0 atom stereocenters. The summed E-state index contributed by atoms with van der Waals surface area (Å²) in [5.74, 6) is -1.25. The molecular formula is C19H19BrN2O5. The summed E-state index contributed by atoms with van der Waals surface area (Å²) >= 11 is 3.30. The van der Waals surface area contributed by atoms with Gasteiger partial charge >= 0.3 is 5.97 Å². The smallest absolute Gasteiger partial charge is 0.340 e. The minimum Gasteiger partial charge on any atom is -0.484 e. The number of anilines is 1. The average Bonchev–Trinajstić information content (AvgIpc) is 2.66. The maximum absolute atomic E-state index is 12.2. The third-order valence-corrected chi connectivity index (χ3v) is 3.89. The second kappa shape index (κ2) is 9.72. The molecule has 0 fully saturated rings. The first-order valence-electron chi connectivity index (χ1n) is 8.20. The molecule has 2 aromatic rings. The van der Waals surface area contributed by atoms with Crippen LogP contribution in [-0.2, 0) is 9.53 Å². The van der Waals surface area contributed by atoms with Gasteiger partial charge in [0.1, 0.15) is 5.75 Å². The Morgan fingerprint density at radius 1 is 1.15 bits per heavy atom. The quantitative estimate of drug-likeness (QED) is 0.620. The van der Waals surface area contributed by atoms with Crippen molar-refractivity contribution in [2.24, 2.45) is 5.73 Å².